The number of hydrogen-bond donors (Lipinski definition) is 3. The molecule has 8 nitrogen and oxygen atoms in total. The van der Waals surface area contributed by atoms with Crippen LogP contribution < -0.4 is 21.4 Å². The lowest BCUT2D eigenvalue weighted by Gasteiger charge is -2.14. The Bertz CT molecular complexity index is 721. The van der Waals surface area contributed by atoms with Gasteiger partial charge in [-0.1, -0.05) is 12.1 Å². The van der Waals surface area contributed by atoms with Gasteiger partial charge < -0.3 is 4.74 Å². The van der Waals surface area contributed by atoms with E-state index in [1.807, 2.05) is 24.3 Å². The van der Waals surface area contributed by atoms with Crippen molar-refractivity contribution in [1.29, 1.82) is 0 Å². The van der Waals surface area contributed by atoms with E-state index in [-0.39, 0.29) is 6.61 Å². The largest absolute Gasteiger partial charge is 0.444 e. The van der Waals surface area contributed by atoms with Crippen LogP contribution in [-0.2, 0) is 11.3 Å². The molecule has 0 unspecified atom stereocenters. The van der Waals surface area contributed by atoms with Gasteiger partial charge in [-0.05, 0) is 45.8 Å². The number of pyridine rings is 1. The van der Waals surface area contributed by atoms with Gasteiger partial charge in [0.25, 0.3) is 0 Å². The first kappa shape index (κ1) is 15.3. The summed E-state index contributed by atoms with van der Waals surface area (Å²) in [6.07, 6.45) is 2.64. The van der Waals surface area contributed by atoms with Crippen LogP contribution in [0.15, 0.2) is 52.2 Å². The summed E-state index contributed by atoms with van der Waals surface area (Å²) >= 11 is 3.28. The maximum atomic E-state index is 11.8. The summed E-state index contributed by atoms with van der Waals surface area (Å²) < 4.78 is 6.02. The molecule has 0 spiro atoms. The molecule has 1 aliphatic heterocycles. The molecule has 0 aliphatic carbocycles. The third-order valence-electron chi connectivity index (χ3n) is 2.92. The van der Waals surface area contributed by atoms with Crippen molar-refractivity contribution >= 4 is 39.9 Å². The summed E-state index contributed by atoms with van der Waals surface area (Å²) in [4.78, 5) is 15.8. The fourth-order valence-corrected chi connectivity index (χ4v) is 2.10. The van der Waals surface area contributed by atoms with Crippen LogP contribution in [0.25, 0.3) is 0 Å². The van der Waals surface area contributed by atoms with E-state index in [4.69, 9.17) is 4.74 Å². The van der Waals surface area contributed by atoms with Crippen LogP contribution in [0.2, 0.25) is 0 Å². The van der Waals surface area contributed by atoms with Gasteiger partial charge in [-0.25, -0.2) is 20.3 Å². The number of halogens is 1. The lowest BCUT2D eigenvalue weighted by molar-refractivity contribution is 0.155. The Balaban J connectivity index is 1.55. The predicted molar refractivity (Wildman–Crippen MR) is 89.4 cm³/mol. The van der Waals surface area contributed by atoms with Crippen LogP contribution in [0.1, 0.15) is 5.56 Å². The fourth-order valence-electron chi connectivity index (χ4n) is 1.86. The Hall–Kier alpha value is -2.65. The van der Waals surface area contributed by atoms with Crippen LogP contribution >= 0.6 is 15.9 Å². The van der Waals surface area contributed by atoms with Crippen molar-refractivity contribution in [3.05, 3.63) is 52.6 Å². The number of nitrogens with zero attached hydrogens (tertiary/aromatic N) is 3. The lowest BCUT2D eigenvalue weighted by atomic mass is 10.2. The van der Waals surface area contributed by atoms with E-state index in [9.17, 15) is 4.79 Å². The second kappa shape index (κ2) is 7.07. The van der Waals surface area contributed by atoms with Crippen molar-refractivity contribution in [2.75, 3.05) is 10.3 Å². The Morgan fingerprint density at radius 3 is 3.00 bits per heavy atom. The van der Waals surface area contributed by atoms with Crippen molar-refractivity contribution in [1.82, 2.24) is 16.1 Å². The van der Waals surface area contributed by atoms with E-state index in [0.29, 0.717) is 5.82 Å². The number of benzene rings is 1. The Labute approximate surface area is 140 Å². The Morgan fingerprint density at radius 1 is 1.35 bits per heavy atom. The van der Waals surface area contributed by atoms with Gasteiger partial charge in [-0.2, -0.15) is 5.10 Å². The number of aromatic nitrogens is 1. The Morgan fingerprint density at radius 2 is 2.26 bits per heavy atom. The molecule has 3 N–H and O–H groups in total. The molecule has 9 heteroatoms. The molecule has 1 aromatic carbocycles. The van der Waals surface area contributed by atoms with Gasteiger partial charge in [0.1, 0.15) is 18.8 Å². The number of nitrogens with one attached hydrogen (secondary N) is 3. The predicted octanol–water partition coefficient (Wildman–Crippen LogP) is 2.37. The monoisotopic (exact) mass is 376 g/mol. The summed E-state index contributed by atoms with van der Waals surface area (Å²) in [6, 6.07) is 11.0. The SMILES string of the molecule is O=C(Nc1ccc(Br)cn1)OCc1cccc(N2C=NNN2)c1. The zero-order valence-corrected chi connectivity index (χ0v) is 13.4. The first-order valence-corrected chi connectivity index (χ1v) is 7.47. The summed E-state index contributed by atoms with van der Waals surface area (Å²) in [5.74, 6) is 0.426. The van der Waals surface area contributed by atoms with Gasteiger partial charge in [0, 0.05) is 10.7 Å². The zero-order chi connectivity index (χ0) is 16.1. The summed E-state index contributed by atoms with van der Waals surface area (Å²) in [6.45, 7) is 0.147. The van der Waals surface area contributed by atoms with Crippen molar-refractivity contribution in [2.24, 2.45) is 5.10 Å². The highest BCUT2D eigenvalue weighted by Crippen LogP contribution is 2.15. The number of hydrogen-bond acceptors (Lipinski definition) is 7. The van der Waals surface area contributed by atoms with E-state index in [1.165, 1.54) is 0 Å². The fraction of sp³-hybridized carbons (Fsp3) is 0.0714. The van der Waals surface area contributed by atoms with Crippen LogP contribution in [0.3, 0.4) is 0 Å². The van der Waals surface area contributed by atoms with Crippen molar-refractivity contribution < 1.29 is 9.53 Å². The number of carbonyl (C=O) groups excluding carboxylic acids is 1. The van der Waals surface area contributed by atoms with Crippen LogP contribution in [0, 0.1) is 0 Å². The molecule has 1 amide bonds. The summed E-state index contributed by atoms with van der Waals surface area (Å²) in [5, 5.41) is 8.10. The molecule has 0 bridgehead atoms. The van der Waals surface area contributed by atoms with E-state index in [0.717, 1.165) is 15.7 Å². The lowest BCUT2D eigenvalue weighted by Crippen LogP contribution is -2.37. The smallest absolute Gasteiger partial charge is 0.413 e. The standard InChI is InChI=1S/C14H13BrN6O2/c15-11-4-5-13(16-7-11)18-14(22)23-8-10-2-1-3-12(6-10)21-9-17-19-20-21/h1-7,9,19-20H,8H2,(H,16,18,22). The highest BCUT2D eigenvalue weighted by molar-refractivity contribution is 9.10. The topological polar surface area (TPSA) is 90.9 Å². The van der Waals surface area contributed by atoms with Gasteiger partial charge in [0.2, 0.25) is 0 Å². The minimum atomic E-state index is -0.562. The van der Waals surface area contributed by atoms with Gasteiger partial charge in [0.05, 0.1) is 5.69 Å². The normalized spacial score (nSPS) is 12.8. The zero-order valence-electron chi connectivity index (χ0n) is 11.9. The third-order valence-corrected chi connectivity index (χ3v) is 3.39. The molecule has 1 aromatic heterocycles. The average molecular weight is 377 g/mol. The highest BCUT2D eigenvalue weighted by atomic mass is 79.9. The summed E-state index contributed by atoms with van der Waals surface area (Å²) in [5.41, 5.74) is 7.16. The molecule has 0 fully saturated rings. The first-order chi connectivity index (χ1) is 11.2. The van der Waals surface area contributed by atoms with E-state index in [2.05, 4.69) is 42.4 Å². The maximum absolute atomic E-state index is 11.8. The molecule has 23 heavy (non-hydrogen) atoms. The molecular formula is C14H13BrN6O2. The molecule has 0 saturated carbocycles. The molecule has 0 saturated heterocycles. The van der Waals surface area contributed by atoms with E-state index >= 15 is 0 Å². The minimum absolute atomic E-state index is 0.147. The third kappa shape index (κ3) is 4.18. The van der Waals surface area contributed by atoms with Crippen molar-refractivity contribution in [3.8, 4) is 0 Å². The second-order valence-corrected chi connectivity index (χ2v) is 5.49. The molecule has 3 rings (SSSR count). The number of ether oxygens (including phenoxy) is 1. The molecule has 0 atom stereocenters. The van der Waals surface area contributed by atoms with Gasteiger partial charge >= 0.3 is 6.09 Å². The molecule has 2 heterocycles. The molecule has 1 aliphatic rings. The van der Waals surface area contributed by atoms with Crippen LogP contribution in [0.5, 0.6) is 0 Å². The number of hydrazone groups is 1. The average Bonchev–Trinajstić information content (AvgIpc) is 3.10. The van der Waals surface area contributed by atoms with Gasteiger partial charge in [-0.15, -0.1) is 5.53 Å². The van der Waals surface area contributed by atoms with Gasteiger partial charge in [0.15, 0.2) is 0 Å². The van der Waals surface area contributed by atoms with E-state index < -0.39 is 6.09 Å². The quantitative estimate of drug-likeness (QED) is 0.758. The minimum Gasteiger partial charge on any atom is -0.444 e. The first-order valence-electron chi connectivity index (χ1n) is 6.68. The molecule has 2 aromatic rings. The summed E-state index contributed by atoms with van der Waals surface area (Å²) in [7, 11) is 0. The Kier molecular flexibility index (Phi) is 4.69. The van der Waals surface area contributed by atoms with Crippen molar-refractivity contribution in [3.63, 3.8) is 0 Å². The number of anilines is 2. The maximum Gasteiger partial charge on any atom is 0.413 e. The van der Waals surface area contributed by atoms with Crippen molar-refractivity contribution in [2.45, 2.75) is 6.61 Å². The number of carbonyl (C=O) groups is 1. The number of hydrazine groups is 2. The van der Waals surface area contributed by atoms with Gasteiger partial charge in [-0.3, -0.25) is 5.32 Å². The molecule has 118 valence electrons. The highest BCUT2D eigenvalue weighted by Gasteiger charge is 2.09. The van der Waals surface area contributed by atoms with E-state index in [1.54, 1.807) is 29.7 Å². The van der Waals surface area contributed by atoms with Crippen LogP contribution in [0.4, 0.5) is 16.3 Å². The second-order valence-electron chi connectivity index (χ2n) is 4.57. The number of rotatable bonds is 4. The number of amides is 1. The molecule has 0 radical (unpaired) electrons. The molecular weight excluding hydrogens is 364 g/mol. The van der Waals surface area contributed by atoms with Crippen LogP contribution in [-0.4, -0.2) is 17.4 Å².